The van der Waals surface area contributed by atoms with Crippen molar-refractivity contribution in [3.8, 4) is 0 Å². The summed E-state index contributed by atoms with van der Waals surface area (Å²) < 4.78 is 39.4. The van der Waals surface area contributed by atoms with Crippen LogP contribution in [0.25, 0.3) is 0 Å². The van der Waals surface area contributed by atoms with Crippen LogP contribution in [0.5, 0.6) is 0 Å². The van der Waals surface area contributed by atoms with Gasteiger partial charge in [-0.15, -0.1) is 0 Å². The normalized spacial score (nSPS) is 21.0. The van der Waals surface area contributed by atoms with Gasteiger partial charge in [0.15, 0.2) is 5.78 Å². The Kier molecular flexibility index (Phi) is 12.6. The maximum absolute atomic E-state index is 13.2. The molecule has 0 aromatic heterocycles. The molecule has 2 heterocycles. The Morgan fingerprint density at radius 3 is 2.31 bits per heavy atom. The number of nitrogens with one attached hydrogen (secondary N) is 3. The van der Waals surface area contributed by atoms with Gasteiger partial charge in [0.1, 0.15) is 22.3 Å². The van der Waals surface area contributed by atoms with Gasteiger partial charge in [0.25, 0.3) is 0 Å². The molecule has 3 aliphatic rings. The van der Waals surface area contributed by atoms with Crippen molar-refractivity contribution in [2.45, 2.75) is 76.0 Å². The maximum atomic E-state index is 13.2. The number of nitrogens with zero attached hydrogens (tertiary/aromatic N) is 1. The molecule has 4 N–H and O–H groups in total. The predicted octanol–water partition coefficient (Wildman–Crippen LogP) is -3.19. The zero-order valence-electron chi connectivity index (χ0n) is 25.7. The molecule has 14 nitrogen and oxygen atoms in total. The third-order valence-corrected chi connectivity index (χ3v) is 9.15. The number of amides is 4. The number of aliphatic hydroxyl groups is 1. The number of benzene rings is 1. The van der Waals surface area contributed by atoms with Gasteiger partial charge in [-0.05, 0) is 43.6 Å². The van der Waals surface area contributed by atoms with Gasteiger partial charge in [0.05, 0.1) is 12.5 Å². The average Bonchev–Trinajstić information content (AvgIpc) is 3.31. The summed E-state index contributed by atoms with van der Waals surface area (Å²) in [4.78, 5) is 65.1. The molecule has 45 heavy (non-hydrogen) atoms. The van der Waals surface area contributed by atoms with E-state index >= 15 is 0 Å². The molecule has 1 aromatic rings. The summed E-state index contributed by atoms with van der Waals surface area (Å²) in [6.07, 6.45) is 0.290. The predicted molar refractivity (Wildman–Crippen MR) is 153 cm³/mol. The molecular weight excluding hydrogens is 619 g/mol. The molecule has 1 spiro atoms. The number of rotatable bonds is 13. The molecule has 0 bridgehead atoms. The van der Waals surface area contributed by atoms with Gasteiger partial charge in [0, 0.05) is 31.0 Å². The largest absolute Gasteiger partial charge is 1.00 e. The molecule has 4 rings (SSSR count). The second-order valence-electron chi connectivity index (χ2n) is 12.5. The first kappa shape index (κ1) is 36.9. The van der Waals surface area contributed by atoms with Crippen LogP contribution in [0.4, 0.5) is 4.79 Å². The number of ether oxygens (including phenoxy) is 1. The molecule has 4 atom stereocenters. The monoisotopic (exact) mass is 658 g/mol. The number of hydrogen-bond donors (Lipinski definition) is 4. The van der Waals surface area contributed by atoms with E-state index in [1.54, 1.807) is 18.7 Å². The first-order valence-electron chi connectivity index (χ1n) is 14.7. The number of alkyl carbamates (subject to hydrolysis) is 1. The van der Waals surface area contributed by atoms with Crippen LogP contribution in [0.1, 0.15) is 51.5 Å². The number of ketones is 1. The van der Waals surface area contributed by atoms with Crippen LogP contribution in [0.15, 0.2) is 30.3 Å². The minimum atomic E-state index is -5.44. The molecule has 1 saturated carbocycles. The maximum Gasteiger partial charge on any atom is 1.00 e. The first-order chi connectivity index (χ1) is 20.7. The summed E-state index contributed by atoms with van der Waals surface area (Å²) in [5.74, 6) is -3.55. The van der Waals surface area contributed by atoms with Gasteiger partial charge in [-0.3, -0.25) is 19.2 Å². The standard InChI is InChI=1S/C29H40N4O10S.Na/c1-17(2)10-22(26(37)31-21(12-19-8-9-30-25(19)36)24(35)27(38)44(40,41)42)32-28(39)43-20-13-29(14-20)15-33(16-29)23(34)11-18-6-4-3-5-7-18;/h3-7,17,19-22,27,38H,8-16H2,1-2H3,(H,30,36)(H,31,37)(H,32,39)(H,40,41,42);/q;+1/p-1/t19-,21+,22+,27?;/m1./s1. The van der Waals surface area contributed by atoms with Gasteiger partial charge < -0.3 is 35.2 Å². The Bertz CT molecular complexity index is 1360. The number of hydrogen-bond acceptors (Lipinski definition) is 10. The number of likely N-dealkylation sites (tertiary alicyclic amines) is 1. The molecule has 1 unspecified atom stereocenters. The molecular formula is C29H39N4NaO10S. The summed E-state index contributed by atoms with van der Waals surface area (Å²) in [5.41, 5.74) is -2.09. The molecule has 4 amide bonds. The third-order valence-electron chi connectivity index (χ3n) is 8.37. The zero-order chi connectivity index (χ0) is 32.2. The fraction of sp³-hybridized carbons (Fsp3) is 0.621. The van der Waals surface area contributed by atoms with E-state index < -0.39 is 63.4 Å². The first-order valence-corrected chi connectivity index (χ1v) is 16.2. The molecule has 3 fully saturated rings. The quantitative estimate of drug-likeness (QED) is 0.123. The summed E-state index contributed by atoms with van der Waals surface area (Å²) in [5, 5.41) is 17.2. The van der Waals surface area contributed by atoms with Crippen molar-refractivity contribution in [2.75, 3.05) is 19.6 Å². The van der Waals surface area contributed by atoms with E-state index in [9.17, 15) is 42.0 Å². The molecule has 242 valence electrons. The van der Waals surface area contributed by atoms with Gasteiger partial charge in [-0.2, -0.15) is 0 Å². The topological polar surface area (TPSA) is 211 Å². The SMILES string of the molecule is CC(C)C[C@H](NC(=O)OC1CC2(C1)CN(C(=O)Cc1ccccc1)C2)C(=O)N[C@@H](C[C@H]1CCNC1=O)C(=O)C(O)S(=O)(=O)[O-].[Na+]. The second-order valence-corrected chi connectivity index (χ2v) is 13.9. The summed E-state index contributed by atoms with van der Waals surface area (Å²) in [6, 6.07) is 6.60. The van der Waals surface area contributed by atoms with Crippen LogP contribution in [-0.4, -0.2) is 95.8 Å². The summed E-state index contributed by atoms with van der Waals surface area (Å²) >= 11 is 0. The van der Waals surface area contributed by atoms with Crippen LogP contribution in [0.2, 0.25) is 0 Å². The van der Waals surface area contributed by atoms with Crippen molar-refractivity contribution in [3.63, 3.8) is 0 Å². The zero-order valence-corrected chi connectivity index (χ0v) is 28.5. The van der Waals surface area contributed by atoms with Gasteiger partial charge in [0.2, 0.25) is 23.2 Å². The van der Waals surface area contributed by atoms with Crippen LogP contribution in [0, 0.1) is 17.3 Å². The van der Waals surface area contributed by atoms with E-state index in [4.69, 9.17) is 4.74 Å². The number of Topliss-reactive ketones (excluding diaryl/α,β-unsaturated/α-hetero) is 1. The summed E-state index contributed by atoms with van der Waals surface area (Å²) in [6.45, 7) is 5.07. The summed E-state index contributed by atoms with van der Waals surface area (Å²) in [7, 11) is -5.44. The molecule has 2 aliphatic heterocycles. The molecule has 16 heteroatoms. The van der Waals surface area contributed by atoms with E-state index in [-0.39, 0.29) is 59.6 Å². The molecule has 2 saturated heterocycles. The Morgan fingerprint density at radius 2 is 1.76 bits per heavy atom. The minimum absolute atomic E-state index is 0. The fourth-order valence-electron chi connectivity index (χ4n) is 6.09. The minimum Gasteiger partial charge on any atom is -0.746 e. The third kappa shape index (κ3) is 9.72. The van der Waals surface area contributed by atoms with Crippen molar-refractivity contribution >= 4 is 39.7 Å². The van der Waals surface area contributed by atoms with Gasteiger partial charge in [-0.25, -0.2) is 13.2 Å². The second kappa shape index (κ2) is 15.4. The van der Waals surface area contributed by atoms with Crippen LogP contribution >= 0.6 is 0 Å². The van der Waals surface area contributed by atoms with Crippen LogP contribution in [-0.2, 0) is 40.5 Å². The number of carbonyl (C=O) groups excluding carboxylic acids is 5. The van der Waals surface area contributed by atoms with Crippen molar-refractivity contribution < 1.29 is 76.3 Å². The van der Waals surface area contributed by atoms with E-state index in [0.29, 0.717) is 45.3 Å². The fourth-order valence-corrected chi connectivity index (χ4v) is 6.54. The van der Waals surface area contributed by atoms with E-state index in [1.807, 2.05) is 30.3 Å². The van der Waals surface area contributed by atoms with Crippen molar-refractivity contribution in [1.82, 2.24) is 20.9 Å². The van der Waals surface area contributed by atoms with E-state index in [2.05, 4.69) is 16.0 Å². The number of carbonyl (C=O) groups is 5. The van der Waals surface area contributed by atoms with Gasteiger partial charge in [-0.1, -0.05) is 44.2 Å². The Labute approximate surface area is 284 Å². The Hall–Kier alpha value is -2.56. The van der Waals surface area contributed by atoms with Gasteiger partial charge >= 0.3 is 35.7 Å². The number of aliphatic hydroxyl groups excluding tert-OH is 1. The van der Waals surface area contributed by atoms with Crippen molar-refractivity contribution in [3.05, 3.63) is 35.9 Å². The Balaban J connectivity index is 0.00000552. The smallest absolute Gasteiger partial charge is 0.746 e. The average molecular weight is 659 g/mol. The van der Waals surface area contributed by atoms with E-state index in [1.165, 1.54) is 0 Å². The molecule has 1 aromatic carbocycles. The molecule has 0 radical (unpaired) electrons. The van der Waals surface area contributed by atoms with E-state index in [0.717, 1.165) is 5.56 Å². The molecule has 1 aliphatic carbocycles. The van der Waals surface area contributed by atoms with Crippen LogP contribution < -0.4 is 45.5 Å². The Morgan fingerprint density at radius 1 is 1.11 bits per heavy atom. The van der Waals surface area contributed by atoms with Crippen LogP contribution in [0.3, 0.4) is 0 Å². The van der Waals surface area contributed by atoms with Crippen molar-refractivity contribution in [1.29, 1.82) is 0 Å². The van der Waals surface area contributed by atoms with Crippen molar-refractivity contribution in [2.24, 2.45) is 17.3 Å².